The largest absolute Gasteiger partial charge is 0.366 e. The average molecular weight is 267 g/mol. The predicted molar refractivity (Wildman–Crippen MR) is 74.7 cm³/mol. The van der Waals surface area contributed by atoms with Gasteiger partial charge in [0.25, 0.3) is 0 Å². The Labute approximate surface area is 112 Å². The summed E-state index contributed by atoms with van der Waals surface area (Å²) in [6.07, 6.45) is 2.58. The lowest BCUT2D eigenvalue weighted by Gasteiger charge is -2.39. The van der Waals surface area contributed by atoms with Crippen molar-refractivity contribution in [3.05, 3.63) is 21.9 Å². The Bertz CT molecular complexity index is 410. The van der Waals surface area contributed by atoms with Gasteiger partial charge in [-0.05, 0) is 45.5 Å². The Hall–Kier alpha value is -0.910. The fourth-order valence-corrected chi connectivity index (χ4v) is 3.13. The number of carbonyl (C=O) groups excluding carboxylic acids is 1. The molecule has 18 heavy (non-hydrogen) atoms. The van der Waals surface area contributed by atoms with E-state index in [4.69, 9.17) is 5.73 Å². The summed E-state index contributed by atoms with van der Waals surface area (Å²) in [7, 11) is 4.29. The molecule has 100 valence electrons. The lowest BCUT2D eigenvalue weighted by atomic mass is 9.79. The van der Waals surface area contributed by atoms with Crippen molar-refractivity contribution in [1.29, 1.82) is 0 Å². The Kier molecular flexibility index (Phi) is 4.37. The van der Waals surface area contributed by atoms with E-state index < -0.39 is 0 Å². The van der Waals surface area contributed by atoms with E-state index in [0.29, 0.717) is 5.56 Å². The highest BCUT2D eigenvalue weighted by Gasteiger charge is 2.29. The molecule has 1 aromatic heterocycles. The van der Waals surface area contributed by atoms with Crippen molar-refractivity contribution in [2.45, 2.75) is 25.4 Å². The molecule has 2 rings (SSSR count). The van der Waals surface area contributed by atoms with Crippen LogP contribution in [-0.4, -0.2) is 37.5 Å². The normalized spacial score (nSPS) is 23.1. The quantitative estimate of drug-likeness (QED) is 0.816. The molecular weight excluding hydrogens is 246 g/mol. The second-order valence-electron chi connectivity index (χ2n) is 5.25. The molecule has 4 nitrogen and oxygen atoms in total. The minimum absolute atomic E-state index is 0.342. The van der Waals surface area contributed by atoms with Crippen LogP contribution in [0.3, 0.4) is 0 Å². The van der Waals surface area contributed by atoms with E-state index in [1.54, 1.807) is 11.3 Å². The number of hydrogen-bond donors (Lipinski definition) is 2. The topological polar surface area (TPSA) is 58.4 Å². The monoisotopic (exact) mass is 267 g/mol. The zero-order valence-corrected chi connectivity index (χ0v) is 11.8. The van der Waals surface area contributed by atoms with Crippen LogP contribution in [0, 0.1) is 5.92 Å². The van der Waals surface area contributed by atoms with Crippen molar-refractivity contribution < 1.29 is 4.79 Å². The maximum atomic E-state index is 11.0. The average Bonchev–Trinajstić information content (AvgIpc) is 2.69. The summed E-state index contributed by atoms with van der Waals surface area (Å²) in [5.41, 5.74) is 5.84. The van der Waals surface area contributed by atoms with Gasteiger partial charge in [-0.1, -0.05) is 0 Å². The van der Waals surface area contributed by atoms with Crippen LogP contribution in [0.15, 0.2) is 11.4 Å². The van der Waals surface area contributed by atoms with E-state index in [9.17, 15) is 4.79 Å². The van der Waals surface area contributed by atoms with Crippen LogP contribution >= 0.6 is 11.3 Å². The lowest BCUT2D eigenvalue weighted by molar-refractivity contribution is 0.100. The van der Waals surface area contributed by atoms with E-state index in [0.717, 1.165) is 25.0 Å². The first kappa shape index (κ1) is 13.5. The molecule has 0 bridgehead atoms. The van der Waals surface area contributed by atoms with Crippen molar-refractivity contribution in [1.82, 2.24) is 10.2 Å². The van der Waals surface area contributed by atoms with Gasteiger partial charge in [-0.15, -0.1) is 11.3 Å². The molecule has 1 aliphatic rings. The molecule has 3 N–H and O–H groups in total. The first-order valence-electron chi connectivity index (χ1n) is 6.30. The summed E-state index contributed by atoms with van der Waals surface area (Å²) in [6, 6.07) is 2.64. The Balaban J connectivity index is 1.65. The highest BCUT2D eigenvalue weighted by molar-refractivity contribution is 7.10. The van der Waals surface area contributed by atoms with E-state index in [-0.39, 0.29) is 5.91 Å². The molecule has 1 heterocycles. The van der Waals surface area contributed by atoms with Gasteiger partial charge in [-0.25, -0.2) is 0 Å². The molecule has 0 radical (unpaired) electrons. The van der Waals surface area contributed by atoms with Crippen LogP contribution in [0.1, 0.15) is 28.1 Å². The Morgan fingerprint density at radius 1 is 1.56 bits per heavy atom. The molecule has 0 atom stereocenters. The third-order valence-corrected chi connectivity index (χ3v) is 4.55. The number of rotatable bonds is 6. The summed E-state index contributed by atoms with van der Waals surface area (Å²) >= 11 is 1.59. The summed E-state index contributed by atoms with van der Waals surface area (Å²) in [5, 5.41) is 5.28. The maximum absolute atomic E-state index is 11.0. The van der Waals surface area contributed by atoms with Crippen LogP contribution in [0.4, 0.5) is 0 Å². The molecule has 0 aromatic carbocycles. The van der Waals surface area contributed by atoms with E-state index >= 15 is 0 Å². The van der Waals surface area contributed by atoms with Crippen LogP contribution in [0.2, 0.25) is 0 Å². The van der Waals surface area contributed by atoms with Crippen molar-refractivity contribution in [3.8, 4) is 0 Å². The van der Waals surface area contributed by atoms with Crippen LogP contribution in [0.5, 0.6) is 0 Å². The van der Waals surface area contributed by atoms with Gasteiger partial charge < -0.3 is 16.0 Å². The van der Waals surface area contributed by atoms with Gasteiger partial charge in [-0.3, -0.25) is 4.79 Å². The maximum Gasteiger partial charge on any atom is 0.249 e. The fraction of sp³-hybridized carbons (Fsp3) is 0.615. The zero-order valence-electron chi connectivity index (χ0n) is 11.0. The highest BCUT2D eigenvalue weighted by atomic mass is 32.1. The molecule has 0 aliphatic heterocycles. The molecule has 5 heteroatoms. The van der Waals surface area contributed by atoms with Gasteiger partial charge in [0, 0.05) is 22.8 Å². The first-order chi connectivity index (χ1) is 8.56. The number of hydrogen-bond acceptors (Lipinski definition) is 4. The molecule has 1 amide bonds. The zero-order chi connectivity index (χ0) is 13.1. The first-order valence-corrected chi connectivity index (χ1v) is 7.18. The summed E-state index contributed by atoms with van der Waals surface area (Å²) < 4.78 is 0. The minimum atomic E-state index is -0.342. The molecule has 1 aromatic rings. The van der Waals surface area contributed by atoms with Crippen LogP contribution in [0.25, 0.3) is 0 Å². The Morgan fingerprint density at radius 2 is 2.28 bits per heavy atom. The van der Waals surface area contributed by atoms with Crippen molar-refractivity contribution >= 4 is 17.2 Å². The van der Waals surface area contributed by atoms with Crippen molar-refractivity contribution in [3.63, 3.8) is 0 Å². The van der Waals surface area contributed by atoms with Gasteiger partial charge in [0.1, 0.15) is 0 Å². The van der Waals surface area contributed by atoms with Crippen LogP contribution < -0.4 is 11.1 Å². The van der Waals surface area contributed by atoms with Gasteiger partial charge in [0.15, 0.2) is 0 Å². The highest BCUT2D eigenvalue weighted by Crippen LogP contribution is 2.29. The fourth-order valence-electron chi connectivity index (χ4n) is 2.29. The summed E-state index contributed by atoms with van der Waals surface area (Å²) in [5.74, 6) is 0.457. The number of nitrogens with zero attached hydrogens (tertiary/aromatic N) is 1. The SMILES string of the molecule is CN(C)C1CC(CNCc2cc(C(N)=O)cs2)C1. The molecule has 0 unspecified atom stereocenters. The predicted octanol–water partition coefficient (Wildman–Crippen LogP) is 1.28. The van der Waals surface area contributed by atoms with Gasteiger partial charge in [0.05, 0.1) is 5.56 Å². The third-order valence-electron chi connectivity index (χ3n) is 3.61. The molecule has 0 spiro atoms. The molecule has 1 fully saturated rings. The molecule has 1 saturated carbocycles. The Morgan fingerprint density at radius 3 is 2.83 bits per heavy atom. The second kappa shape index (κ2) is 5.82. The van der Waals surface area contributed by atoms with Gasteiger partial charge in [0.2, 0.25) is 5.91 Å². The van der Waals surface area contributed by atoms with Crippen LogP contribution in [-0.2, 0) is 6.54 Å². The van der Waals surface area contributed by atoms with Gasteiger partial charge in [-0.2, -0.15) is 0 Å². The number of thiophene rings is 1. The smallest absolute Gasteiger partial charge is 0.249 e. The standard InChI is InChI=1S/C13H21N3OS/c1-16(2)11-3-9(4-11)6-15-7-12-5-10(8-18-12)13(14)17/h5,8-9,11,15H,3-4,6-7H2,1-2H3,(H2,14,17). The second-order valence-corrected chi connectivity index (χ2v) is 6.25. The lowest BCUT2D eigenvalue weighted by Crippen LogP contribution is -2.43. The molecular formula is C13H21N3OS. The number of nitrogens with two attached hydrogens (primary N) is 1. The van der Waals surface area contributed by atoms with E-state index in [1.807, 2.05) is 11.4 Å². The van der Waals surface area contributed by atoms with E-state index in [2.05, 4.69) is 24.3 Å². The number of primary amides is 1. The number of carbonyl (C=O) groups is 1. The summed E-state index contributed by atoms with van der Waals surface area (Å²) in [4.78, 5) is 14.4. The molecule has 1 aliphatic carbocycles. The number of nitrogens with one attached hydrogen (secondary N) is 1. The van der Waals surface area contributed by atoms with Crippen molar-refractivity contribution in [2.75, 3.05) is 20.6 Å². The minimum Gasteiger partial charge on any atom is -0.366 e. The number of amides is 1. The van der Waals surface area contributed by atoms with E-state index in [1.165, 1.54) is 17.7 Å². The van der Waals surface area contributed by atoms with Crippen molar-refractivity contribution in [2.24, 2.45) is 11.7 Å². The van der Waals surface area contributed by atoms with Gasteiger partial charge >= 0.3 is 0 Å². The third kappa shape index (κ3) is 3.31. The molecule has 0 saturated heterocycles. The summed E-state index contributed by atoms with van der Waals surface area (Å²) in [6.45, 7) is 1.90.